The van der Waals surface area contributed by atoms with Gasteiger partial charge < -0.3 is 0 Å². The Balaban J connectivity index is 3.07. The number of nitrogens with one attached hydrogen (secondary N) is 1. The number of rotatable bonds is 6. The molecule has 1 aromatic carbocycles. The summed E-state index contributed by atoms with van der Waals surface area (Å²) in [5.41, 5.74) is 3.70. The molecule has 4 nitrogen and oxygen atoms in total. The summed E-state index contributed by atoms with van der Waals surface area (Å²) in [6.07, 6.45) is 3.33. The zero-order chi connectivity index (χ0) is 13.8. The number of hydrogen-bond donors (Lipinski definition) is 2. The highest BCUT2D eigenvalue weighted by Gasteiger charge is 2.18. The second-order valence-corrected chi connectivity index (χ2v) is 6.77. The van der Waals surface area contributed by atoms with Crippen molar-refractivity contribution in [2.75, 3.05) is 6.26 Å². The predicted molar refractivity (Wildman–Crippen MR) is 73.7 cm³/mol. The first-order valence-corrected chi connectivity index (χ1v) is 8.05. The molecule has 0 aliphatic carbocycles. The Morgan fingerprint density at radius 3 is 2.56 bits per heavy atom. The second kappa shape index (κ2) is 6.31. The van der Waals surface area contributed by atoms with Gasteiger partial charge in [0.2, 0.25) is 0 Å². The molecular weight excluding hydrogens is 248 g/mol. The molecule has 0 amide bonds. The standard InChI is InChI=1S/C13H22N2O2S/c1-4-6-10(2)13(15-14)11-7-5-8-12(9-11)18(3,16)17/h5,7-10,13,15H,4,6,14H2,1-3H3. The Hall–Kier alpha value is -0.910. The summed E-state index contributed by atoms with van der Waals surface area (Å²) >= 11 is 0. The van der Waals surface area contributed by atoms with E-state index in [1.165, 1.54) is 6.26 Å². The highest BCUT2D eigenvalue weighted by atomic mass is 32.2. The van der Waals surface area contributed by atoms with Crippen LogP contribution in [0.5, 0.6) is 0 Å². The van der Waals surface area contributed by atoms with Crippen LogP contribution in [0.4, 0.5) is 0 Å². The van der Waals surface area contributed by atoms with Gasteiger partial charge in [-0.3, -0.25) is 11.3 Å². The molecule has 5 heteroatoms. The SMILES string of the molecule is CCCC(C)C(NN)c1cccc(S(C)(=O)=O)c1. The van der Waals surface area contributed by atoms with Crippen molar-refractivity contribution in [2.45, 2.75) is 37.6 Å². The molecule has 0 heterocycles. The van der Waals surface area contributed by atoms with Gasteiger partial charge in [0, 0.05) is 12.3 Å². The molecule has 0 spiro atoms. The van der Waals surface area contributed by atoms with Crippen molar-refractivity contribution in [1.82, 2.24) is 5.43 Å². The fraction of sp³-hybridized carbons (Fsp3) is 0.538. The largest absolute Gasteiger partial charge is 0.271 e. The Morgan fingerprint density at radius 1 is 1.39 bits per heavy atom. The van der Waals surface area contributed by atoms with Crippen LogP contribution < -0.4 is 11.3 Å². The van der Waals surface area contributed by atoms with Gasteiger partial charge in [-0.15, -0.1) is 0 Å². The minimum atomic E-state index is -3.17. The molecule has 0 aromatic heterocycles. The molecule has 2 unspecified atom stereocenters. The average Bonchev–Trinajstić information content (AvgIpc) is 2.29. The predicted octanol–water partition coefficient (Wildman–Crippen LogP) is 2.03. The third-order valence-corrected chi connectivity index (χ3v) is 4.25. The van der Waals surface area contributed by atoms with Crippen LogP contribution in [0.2, 0.25) is 0 Å². The van der Waals surface area contributed by atoms with Gasteiger partial charge >= 0.3 is 0 Å². The molecular formula is C13H22N2O2S. The molecule has 3 N–H and O–H groups in total. The lowest BCUT2D eigenvalue weighted by atomic mass is 9.91. The molecule has 0 radical (unpaired) electrons. The summed E-state index contributed by atoms with van der Waals surface area (Å²) < 4.78 is 23.1. The van der Waals surface area contributed by atoms with Crippen molar-refractivity contribution in [3.63, 3.8) is 0 Å². The summed E-state index contributed by atoms with van der Waals surface area (Å²) in [5, 5.41) is 0. The Bertz CT molecular complexity index is 486. The maximum Gasteiger partial charge on any atom is 0.175 e. The van der Waals surface area contributed by atoms with Crippen molar-refractivity contribution in [3.8, 4) is 0 Å². The molecule has 1 aromatic rings. The lowest BCUT2D eigenvalue weighted by Crippen LogP contribution is -2.32. The minimum Gasteiger partial charge on any atom is -0.271 e. The van der Waals surface area contributed by atoms with Crippen LogP contribution in [0.1, 0.15) is 38.3 Å². The quantitative estimate of drug-likeness (QED) is 0.613. The number of hydrazine groups is 1. The van der Waals surface area contributed by atoms with Crippen molar-refractivity contribution >= 4 is 9.84 Å². The number of nitrogens with two attached hydrogens (primary N) is 1. The van der Waals surface area contributed by atoms with Crippen molar-refractivity contribution in [3.05, 3.63) is 29.8 Å². The van der Waals surface area contributed by atoms with E-state index in [1.54, 1.807) is 18.2 Å². The van der Waals surface area contributed by atoms with E-state index in [2.05, 4.69) is 19.3 Å². The van der Waals surface area contributed by atoms with E-state index in [0.717, 1.165) is 18.4 Å². The van der Waals surface area contributed by atoms with Gasteiger partial charge in [-0.2, -0.15) is 0 Å². The highest BCUT2D eigenvalue weighted by molar-refractivity contribution is 7.90. The van der Waals surface area contributed by atoms with Crippen LogP contribution in [0.15, 0.2) is 29.2 Å². The van der Waals surface area contributed by atoms with Crippen LogP contribution in [0.3, 0.4) is 0 Å². The zero-order valence-electron chi connectivity index (χ0n) is 11.2. The molecule has 0 saturated carbocycles. The maximum atomic E-state index is 11.5. The lowest BCUT2D eigenvalue weighted by Gasteiger charge is -2.23. The third-order valence-electron chi connectivity index (χ3n) is 3.14. The molecule has 0 saturated heterocycles. The lowest BCUT2D eigenvalue weighted by molar-refractivity contribution is 0.368. The van der Waals surface area contributed by atoms with E-state index in [9.17, 15) is 8.42 Å². The van der Waals surface area contributed by atoms with Crippen LogP contribution >= 0.6 is 0 Å². The van der Waals surface area contributed by atoms with Crippen molar-refractivity contribution in [1.29, 1.82) is 0 Å². The fourth-order valence-electron chi connectivity index (χ4n) is 2.15. The van der Waals surface area contributed by atoms with Gasteiger partial charge in [0.05, 0.1) is 4.90 Å². The first-order valence-electron chi connectivity index (χ1n) is 6.16. The normalized spacial score (nSPS) is 15.3. The van der Waals surface area contributed by atoms with Gasteiger partial charge in [-0.05, 0) is 30.0 Å². The third kappa shape index (κ3) is 3.80. The van der Waals surface area contributed by atoms with Crippen molar-refractivity contribution < 1.29 is 8.42 Å². The summed E-state index contributed by atoms with van der Waals surface area (Å²) in [4.78, 5) is 0.337. The fourth-order valence-corrected chi connectivity index (χ4v) is 2.83. The average molecular weight is 270 g/mol. The van der Waals surface area contributed by atoms with Crippen LogP contribution in [-0.4, -0.2) is 14.7 Å². The zero-order valence-corrected chi connectivity index (χ0v) is 12.0. The molecule has 18 heavy (non-hydrogen) atoms. The molecule has 0 aliphatic heterocycles. The molecule has 0 fully saturated rings. The van der Waals surface area contributed by atoms with Crippen molar-refractivity contribution in [2.24, 2.45) is 11.8 Å². The van der Waals surface area contributed by atoms with E-state index < -0.39 is 9.84 Å². The number of hydrogen-bond acceptors (Lipinski definition) is 4. The van der Waals surface area contributed by atoms with Gasteiger partial charge in [-0.25, -0.2) is 8.42 Å². The maximum absolute atomic E-state index is 11.5. The van der Waals surface area contributed by atoms with Crippen LogP contribution in [-0.2, 0) is 9.84 Å². The Kier molecular flexibility index (Phi) is 5.31. The van der Waals surface area contributed by atoms with Gasteiger partial charge in [0.25, 0.3) is 0 Å². The smallest absolute Gasteiger partial charge is 0.175 e. The first kappa shape index (κ1) is 15.1. The summed E-state index contributed by atoms with van der Waals surface area (Å²) in [6, 6.07) is 6.95. The van der Waals surface area contributed by atoms with E-state index in [0.29, 0.717) is 10.8 Å². The first-order chi connectivity index (χ1) is 8.40. The molecule has 1 rings (SSSR count). The molecule has 0 bridgehead atoms. The van der Waals surface area contributed by atoms with E-state index >= 15 is 0 Å². The Morgan fingerprint density at radius 2 is 2.06 bits per heavy atom. The highest BCUT2D eigenvalue weighted by Crippen LogP contribution is 2.26. The summed E-state index contributed by atoms with van der Waals surface area (Å²) in [5.74, 6) is 5.95. The Labute approximate surface area is 109 Å². The summed E-state index contributed by atoms with van der Waals surface area (Å²) in [6.45, 7) is 4.23. The van der Waals surface area contributed by atoms with Crippen LogP contribution in [0, 0.1) is 5.92 Å². The van der Waals surface area contributed by atoms with E-state index in [-0.39, 0.29) is 6.04 Å². The summed E-state index contributed by atoms with van der Waals surface area (Å²) in [7, 11) is -3.17. The second-order valence-electron chi connectivity index (χ2n) is 4.75. The van der Waals surface area contributed by atoms with E-state index in [4.69, 9.17) is 5.84 Å². The molecule has 2 atom stereocenters. The monoisotopic (exact) mass is 270 g/mol. The molecule has 0 aliphatic rings. The van der Waals surface area contributed by atoms with Gasteiger partial charge in [-0.1, -0.05) is 32.4 Å². The van der Waals surface area contributed by atoms with E-state index in [1.807, 2.05) is 6.07 Å². The topological polar surface area (TPSA) is 72.2 Å². The minimum absolute atomic E-state index is 0.0216. The van der Waals surface area contributed by atoms with Gasteiger partial charge in [0.15, 0.2) is 9.84 Å². The number of benzene rings is 1. The molecule has 102 valence electrons. The van der Waals surface area contributed by atoms with Gasteiger partial charge in [0.1, 0.15) is 0 Å². The van der Waals surface area contributed by atoms with Crippen LogP contribution in [0.25, 0.3) is 0 Å². The number of sulfone groups is 1.